The minimum Gasteiger partial charge on any atom is -0.379 e. The van der Waals surface area contributed by atoms with Crippen LogP contribution in [0.15, 0.2) is 48.5 Å². The number of carbonyl (C=O) groups is 1. The predicted octanol–water partition coefficient (Wildman–Crippen LogP) is 5.33. The molecule has 2 aromatic carbocycles. The summed E-state index contributed by atoms with van der Waals surface area (Å²) in [6, 6.07) is 13.1. The Morgan fingerprint density at radius 2 is 2.00 bits per heavy atom. The maximum absolute atomic E-state index is 14.0. The minimum absolute atomic E-state index is 0.135. The van der Waals surface area contributed by atoms with Crippen LogP contribution in [0.5, 0.6) is 0 Å². The largest absolute Gasteiger partial charge is 0.379 e. The summed E-state index contributed by atoms with van der Waals surface area (Å²) in [5, 5.41) is 3.35. The Kier molecular flexibility index (Phi) is 7.88. The lowest BCUT2D eigenvalue weighted by atomic mass is 10.2. The molecule has 0 fully saturated rings. The van der Waals surface area contributed by atoms with Crippen LogP contribution in [-0.2, 0) is 11.3 Å². The van der Waals surface area contributed by atoms with Gasteiger partial charge >= 0.3 is 6.03 Å². The summed E-state index contributed by atoms with van der Waals surface area (Å²) in [4.78, 5) is 14.2. The van der Waals surface area contributed by atoms with Crippen LogP contribution < -0.4 is 5.32 Å². The number of nitrogens with one attached hydrogen (secondary N) is 1. The second kappa shape index (κ2) is 10.1. The van der Waals surface area contributed by atoms with Crippen LogP contribution in [0.1, 0.15) is 25.8 Å². The van der Waals surface area contributed by atoms with Crippen molar-refractivity contribution in [1.29, 1.82) is 0 Å². The second-order valence-electron chi connectivity index (χ2n) is 6.23. The monoisotopic (exact) mass is 378 g/mol. The molecule has 0 heterocycles. The molecule has 140 valence electrons. The third-order valence-corrected chi connectivity index (χ3v) is 3.94. The van der Waals surface area contributed by atoms with Crippen molar-refractivity contribution in [1.82, 2.24) is 4.90 Å². The van der Waals surface area contributed by atoms with Crippen LogP contribution in [0, 0.1) is 5.82 Å². The first-order valence-corrected chi connectivity index (χ1v) is 9.00. The van der Waals surface area contributed by atoms with E-state index in [0.717, 1.165) is 0 Å². The molecule has 0 aliphatic heterocycles. The van der Waals surface area contributed by atoms with Gasteiger partial charge in [-0.15, -0.1) is 0 Å². The quantitative estimate of drug-likeness (QED) is 0.631. The van der Waals surface area contributed by atoms with E-state index in [1.807, 2.05) is 13.8 Å². The van der Waals surface area contributed by atoms with Crippen LogP contribution in [0.25, 0.3) is 0 Å². The number of amides is 2. The van der Waals surface area contributed by atoms with E-state index in [1.54, 1.807) is 47.4 Å². The molecule has 0 atom stereocenters. The molecule has 0 aliphatic carbocycles. The van der Waals surface area contributed by atoms with Gasteiger partial charge in [0, 0.05) is 29.4 Å². The minimum atomic E-state index is -0.327. The van der Waals surface area contributed by atoms with Crippen LogP contribution in [0.2, 0.25) is 5.02 Å². The molecule has 0 aromatic heterocycles. The molecule has 26 heavy (non-hydrogen) atoms. The average molecular weight is 379 g/mol. The maximum Gasteiger partial charge on any atom is 0.322 e. The number of carbonyl (C=O) groups excluding carboxylic acids is 1. The van der Waals surface area contributed by atoms with Crippen molar-refractivity contribution in [2.24, 2.45) is 0 Å². The fourth-order valence-corrected chi connectivity index (χ4v) is 2.62. The third kappa shape index (κ3) is 6.65. The van der Waals surface area contributed by atoms with Gasteiger partial charge in [-0.3, -0.25) is 0 Å². The Balaban J connectivity index is 2.05. The number of anilines is 1. The number of rotatable bonds is 8. The zero-order valence-corrected chi connectivity index (χ0v) is 15.8. The van der Waals surface area contributed by atoms with E-state index in [4.69, 9.17) is 16.3 Å². The highest BCUT2D eigenvalue weighted by atomic mass is 35.5. The molecular weight excluding hydrogens is 355 g/mol. The Hall–Kier alpha value is -2.11. The maximum atomic E-state index is 14.0. The van der Waals surface area contributed by atoms with E-state index in [9.17, 15) is 9.18 Å². The molecule has 0 unspecified atom stereocenters. The van der Waals surface area contributed by atoms with Gasteiger partial charge in [0.2, 0.25) is 0 Å². The molecule has 4 nitrogen and oxygen atoms in total. The molecule has 0 spiro atoms. The van der Waals surface area contributed by atoms with E-state index in [0.29, 0.717) is 35.8 Å². The van der Waals surface area contributed by atoms with Gasteiger partial charge in [-0.25, -0.2) is 9.18 Å². The van der Waals surface area contributed by atoms with Gasteiger partial charge in [0.15, 0.2) is 0 Å². The van der Waals surface area contributed by atoms with Crippen molar-refractivity contribution in [2.45, 2.75) is 32.9 Å². The highest BCUT2D eigenvalue weighted by Gasteiger charge is 2.16. The topological polar surface area (TPSA) is 41.6 Å². The summed E-state index contributed by atoms with van der Waals surface area (Å²) in [5.74, 6) is -0.327. The number of nitrogens with zero attached hydrogens (tertiary/aromatic N) is 1. The zero-order valence-electron chi connectivity index (χ0n) is 15.0. The molecule has 0 saturated heterocycles. The highest BCUT2D eigenvalue weighted by Crippen LogP contribution is 2.17. The van der Waals surface area contributed by atoms with Gasteiger partial charge in [-0.1, -0.05) is 35.9 Å². The molecule has 2 amide bonds. The van der Waals surface area contributed by atoms with Crippen molar-refractivity contribution >= 4 is 23.3 Å². The number of hydrogen-bond donors (Lipinski definition) is 1. The van der Waals surface area contributed by atoms with Crippen LogP contribution >= 0.6 is 11.6 Å². The van der Waals surface area contributed by atoms with Gasteiger partial charge in [-0.2, -0.15) is 0 Å². The van der Waals surface area contributed by atoms with Gasteiger partial charge in [-0.05, 0) is 44.5 Å². The first kappa shape index (κ1) is 20.2. The SMILES string of the molecule is CC(C)OCCCN(Cc1ccccc1F)C(=O)Nc1cccc(Cl)c1. The second-order valence-corrected chi connectivity index (χ2v) is 6.66. The summed E-state index contributed by atoms with van der Waals surface area (Å²) < 4.78 is 19.5. The summed E-state index contributed by atoms with van der Waals surface area (Å²) in [7, 11) is 0. The van der Waals surface area contributed by atoms with E-state index >= 15 is 0 Å². The number of halogens is 2. The number of benzene rings is 2. The number of hydrogen-bond acceptors (Lipinski definition) is 2. The van der Waals surface area contributed by atoms with Gasteiger partial charge in [0.25, 0.3) is 0 Å². The molecule has 1 N–H and O–H groups in total. The summed E-state index contributed by atoms with van der Waals surface area (Å²) in [6.07, 6.45) is 0.797. The molecule has 2 rings (SSSR count). The summed E-state index contributed by atoms with van der Waals surface area (Å²) in [6.45, 7) is 5.09. The normalized spacial score (nSPS) is 10.8. The molecule has 2 aromatic rings. The van der Waals surface area contributed by atoms with Gasteiger partial charge in [0.1, 0.15) is 5.82 Å². The third-order valence-electron chi connectivity index (χ3n) is 3.71. The van der Waals surface area contributed by atoms with Crippen LogP contribution in [0.4, 0.5) is 14.9 Å². The first-order chi connectivity index (χ1) is 12.5. The van der Waals surface area contributed by atoms with Crippen molar-refractivity contribution in [2.75, 3.05) is 18.5 Å². The van der Waals surface area contributed by atoms with Crippen molar-refractivity contribution < 1.29 is 13.9 Å². The van der Waals surface area contributed by atoms with Crippen molar-refractivity contribution in [3.8, 4) is 0 Å². The zero-order chi connectivity index (χ0) is 18.9. The average Bonchev–Trinajstić information content (AvgIpc) is 2.59. The van der Waals surface area contributed by atoms with Crippen LogP contribution in [0.3, 0.4) is 0 Å². The molecule has 0 saturated carbocycles. The smallest absolute Gasteiger partial charge is 0.322 e. The van der Waals surface area contributed by atoms with Crippen molar-refractivity contribution in [3.05, 3.63) is 64.9 Å². The molecule has 0 aliphatic rings. The fourth-order valence-electron chi connectivity index (χ4n) is 2.43. The fraction of sp³-hybridized carbons (Fsp3) is 0.350. The summed E-state index contributed by atoms with van der Waals surface area (Å²) in [5.41, 5.74) is 1.07. The Morgan fingerprint density at radius 3 is 2.69 bits per heavy atom. The molecular formula is C20H24ClFN2O2. The predicted molar refractivity (Wildman–Crippen MR) is 103 cm³/mol. The Labute approximate surface area is 158 Å². The number of ether oxygens (including phenoxy) is 1. The van der Waals surface area contributed by atoms with E-state index < -0.39 is 0 Å². The Morgan fingerprint density at radius 1 is 1.23 bits per heavy atom. The Bertz CT molecular complexity index is 724. The number of urea groups is 1. The molecule has 0 bridgehead atoms. The lowest BCUT2D eigenvalue weighted by molar-refractivity contribution is 0.0724. The molecule has 6 heteroatoms. The lowest BCUT2D eigenvalue weighted by Gasteiger charge is -2.24. The lowest BCUT2D eigenvalue weighted by Crippen LogP contribution is -2.36. The van der Waals surface area contributed by atoms with Gasteiger partial charge < -0.3 is 15.0 Å². The molecule has 0 radical (unpaired) electrons. The first-order valence-electron chi connectivity index (χ1n) is 8.62. The highest BCUT2D eigenvalue weighted by molar-refractivity contribution is 6.30. The van der Waals surface area contributed by atoms with Gasteiger partial charge in [0.05, 0.1) is 12.6 Å². The summed E-state index contributed by atoms with van der Waals surface area (Å²) >= 11 is 5.96. The standard InChI is InChI=1S/C20H24ClFN2O2/c1-15(2)26-12-6-11-24(14-16-7-3-4-10-19(16)22)20(25)23-18-9-5-8-17(21)13-18/h3-5,7-10,13,15H,6,11-12,14H2,1-2H3,(H,23,25). The van der Waals surface area contributed by atoms with E-state index in [2.05, 4.69) is 5.32 Å². The van der Waals surface area contributed by atoms with Crippen LogP contribution in [-0.4, -0.2) is 30.2 Å². The van der Waals surface area contributed by atoms with E-state index in [1.165, 1.54) is 6.07 Å². The van der Waals surface area contributed by atoms with E-state index in [-0.39, 0.29) is 24.5 Å². The van der Waals surface area contributed by atoms with Crippen molar-refractivity contribution in [3.63, 3.8) is 0 Å².